The van der Waals surface area contributed by atoms with Crippen LogP contribution < -0.4 is 10.1 Å². The molecule has 1 aliphatic heterocycles. The van der Waals surface area contributed by atoms with Gasteiger partial charge in [-0.2, -0.15) is 0 Å². The molecule has 4 nitrogen and oxygen atoms in total. The average molecular weight is 313 g/mol. The highest BCUT2D eigenvalue weighted by Crippen LogP contribution is 2.29. The Morgan fingerprint density at radius 1 is 1.09 bits per heavy atom. The lowest BCUT2D eigenvalue weighted by Crippen LogP contribution is -2.63. The molecule has 2 aromatic carbocycles. The lowest BCUT2D eigenvalue weighted by Gasteiger charge is -2.43. The fraction of sp³-hybridized carbons (Fsp3) is 0.368. The number of ether oxygens (including phenoxy) is 3. The van der Waals surface area contributed by atoms with Gasteiger partial charge in [-0.15, -0.1) is 0 Å². The first-order valence-electron chi connectivity index (χ1n) is 8.09. The van der Waals surface area contributed by atoms with E-state index in [-0.39, 0.29) is 6.23 Å². The van der Waals surface area contributed by atoms with Gasteiger partial charge in [0, 0.05) is 19.6 Å². The zero-order chi connectivity index (χ0) is 16.0. The molecular weight excluding hydrogens is 290 g/mol. The van der Waals surface area contributed by atoms with Crippen molar-refractivity contribution < 1.29 is 14.2 Å². The van der Waals surface area contributed by atoms with Crippen LogP contribution in [-0.4, -0.2) is 31.8 Å². The van der Waals surface area contributed by atoms with Gasteiger partial charge in [0.05, 0.1) is 6.61 Å². The predicted molar refractivity (Wildman–Crippen MR) is 89.3 cm³/mol. The topological polar surface area (TPSA) is 39.7 Å². The molecule has 0 aromatic heterocycles. The quantitative estimate of drug-likeness (QED) is 0.890. The summed E-state index contributed by atoms with van der Waals surface area (Å²) in [6, 6.07) is 20.0. The zero-order valence-electron chi connectivity index (χ0n) is 13.4. The summed E-state index contributed by atoms with van der Waals surface area (Å²) >= 11 is 0. The fourth-order valence-corrected chi connectivity index (χ4v) is 2.83. The molecule has 3 rings (SSSR count). The first kappa shape index (κ1) is 16.0. The minimum absolute atomic E-state index is 0.318. The number of benzene rings is 2. The number of nitrogens with one attached hydrogen (secondary N) is 1. The molecular formula is C19H23NO3. The van der Waals surface area contributed by atoms with Gasteiger partial charge in [-0.3, -0.25) is 5.32 Å². The first-order chi connectivity index (χ1) is 11.3. The molecule has 0 amide bonds. The molecule has 0 aliphatic carbocycles. The number of hydrogen-bond donors (Lipinski definition) is 1. The molecule has 1 fully saturated rings. The van der Waals surface area contributed by atoms with Gasteiger partial charge in [0.25, 0.3) is 5.79 Å². The monoisotopic (exact) mass is 313 g/mol. The molecule has 122 valence electrons. The summed E-state index contributed by atoms with van der Waals surface area (Å²) in [7, 11) is 0. The Hall–Kier alpha value is -1.88. The Morgan fingerprint density at radius 2 is 1.78 bits per heavy atom. The number of para-hydroxylation sites is 1. The number of morpholine rings is 1. The van der Waals surface area contributed by atoms with E-state index < -0.39 is 5.79 Å². The summed E-state index contributed by atoms with van der Waals surface area (Å²) < 4.78 is 18.3. The molecule has 2 aromatic rings. The maximum absolute atomic E-state index is 6.30. The molecule has 0 bridgehead atoms. The molecule has 1 saturated heterocycles. The van der Waals surface area contributed by atoms with Crippen molar-refractivity contribution in [2.75, 3.05) is 19.8 Å². The third kappa shape index (κ3) is 3.91. The minimum atomic E-state index is -0.878. The third-order valence-electron chi connectivity index (χ3n) is 3.84. The Balaban J connectivity index is 1.90. The summed E-state index contributed by atoms with van der Waals surface area (Å²) in [5, 5.41) is 3.38. The van der Waals surface area contributed by atoms with Gasteiger partial charge in [-0.05, 0) is 24.6 Å². The van der Waals surface area contributed by atoms with E-state index in [0.717, 1.165) is 17.9 Å². The van der Waals surface area contributed by atoms with Crippen molar-refractivity contribution in [2.24, 2.45) is 0 Å². The molecule has 0 saturated carbocycles. The highest BCUT2D eigenvalue weighted by molar-refractivity contribution is 5.24. The Kier molecular flexibility index (Phi) is 5.28. The van der Waals surface area contributed by atoms with Crippen LogP contribution in [-0.2, 0) is 15.9 Å². The maximum atomic E-state index is 6.30. The predicted octanol–water partition coefficient (Wildman–Crippen LogP) is 2.99. The zero-order valence-corrected chi connectivity index (χ0v) is 13.4. The third-order valence-corrected chi connectivity index (χ3v) is 3.84. The highest BCUT2D eigenvalue weighted by Gasteiger charge is 2.46. The summed E-state index contributed by atoms with van der Waals surface area (Å²) in [6.07, 6.45) is 0.294. The fourth-order valence-electron chi connectivity index (χ4n) is 2.83. The lowest BCUT2D eigenvalue weighted by molar-refractivity contribution is -0.275. The van der Waals surface area contributed by atoms with Gasteiger partial charge in [-0.25, -0.2) is 0 Å². The molecule has 23 heavy (non-hydrogen) atoms. The van der Waals surface area contributed by atoms with Crippen LogP contribution in [0.3, 0.4) is 0 Å². The normalized spacial score (nSPS) is 24.3. The van der Waals surface area contributed by atoms with E-state index in [1.165, 1.54) is 0 Å². The van der Waals surface area contributed by atoms with Crippen LogP contribution in [0.25, 0.3) is 0 Å². The standard InChI is InChI=1S/C19H23NO3/c1-2-21-18-19(22-14-13-20-18,15-16-9-5-3-6-10-16)23-17-11-7-4-8-12-17/h3-12,18,20H,2,13-15H2,1H3. The van der Waals surface area contributed by atoms with E-state index in [4.69, 9.17) is 14.2 Å². The number of hydrogen-bond acceptors (Lipinski definition) is 4. The van der Waals surface area contributed by atoms with Crippen molar-refractivity contribution in [1.82, 2.24) is 5.32 Å². The molecule has 0 radical (unpaired) electrons. The van der Waals surface area contributed by atoms with Crippen molar-refractivity contribution in [3.05, 3.63) is 66.2 Å². The Labute approximate surface area is 137 Å². The lowest BCUT2D eigenvalue weighted by atomic mass is 10.0. The van der Waals surface area contributed by atoms with E-state index in [0.29, 0.717) is 19.6 Å². The Morgan fingerprint density at radius 3 is 2.48 bits per heavy atom. The van der Waals surface area contributed by atoms with Gasteiger partial charge in [0.15, 0.2) is 6.23 Å². The molecule has 1 heterocycles. The minimum Gasteiger partial charge on any atom is -0.458 e. The maximum Gasteiger partial charge on any atom is 0.254 e. The van der Waals surface area contributed by atoms with Gasteiger partial charge >= 0.3 is 0 Å². The van der Waals surface area contributed by atoms with Crippen LogP contribution in [0.15, 0.2) is 60.7 Å². The van der Waals surface area contributed by atoms with Gasteiger partial charge in [0.1, 0.15) is 5.75 Å². The summed E-state index contributed by atoms with van der Waals surface area (Å²) in [5.74, 6) is -0.103. The highest BCUT2D eigenvalue weighted by atomic mass is 16.7. The second-order valence-electron chi connectivity index (χ2n) is 5.53. The molecule has 1 aliphatic rings. The summed E-state index contributed by atoms with van der Waals surface area (Å²) in [5.41, 5.74) is 1.15. The van der Waals surface area contributed by atoms with E-state index in [2.05, 4.69) is 17.4 Å². The molecule has 0 spiro atoms. The van der Waals surface area contributed by atoms with Crippen LogP contribution in [0.1, 0.15) is 12.5 Å². The second-order valence-corrected chi connectivity index (χ2v) is 5.53. The van der Waals surface area contributed by atoms with Crippen molar-refractivity contribution in [2.45, 2.75) is 25.4 Å². The average Bonchev–Trinajstić information content (AvgIpc) is 2.59. The summed E-state index contributed by atoms with van der Waals surface area (Å²) in [4.78, 5) is 0. The van der Waals surface area contributed by atoms with Crippen LogP contribution in [0.2, 0.25) is 0 Å². The van der Waals surface area contributed by atoms with Crippen molar-refractivity contribution in [1.29, 1.82) is 0 Å². The van der Waals surface area contributed by atoms with Crippen molar-refractivity contribution >= 4 is 0 Å². The van der Waals surface area contributed by atoms with Crippen LogP contribution in [0.5, 0.6) is 5.75 Å². The van der Waals surface area contributed by atoms with Gasteiger partial charge < -0.3 is 14.2 Å². The molecule has 2 unspecified atom stereocenters. The summed E-state index contributed by atoms with van der Waals surface area (Å²) in [6.45, 7) is 3.91. The van der Waals surface area contributed by atoms with E-state index in [1.807, 2.05) is 55.5 Å². The van der Waals surface area contributed by atoms with Crippen LogP contribution in [0.4, 0.5) is 0 Å². The largest absolute Gasteiger partial charge is 0.458 e. The first-order valence-corrected chi connectivity index (χ1v) is 8.09. The van der Waals surface area contributed by atoms with Crippen LogP contribution in [0, 0.1) is 0 Å². The molecule has 2 atom stereocenters. The smallest absolute Gasteiger partial charge is 0.254 e. The van der Waals surface area contributed by atoms with Crippen molar-refractivity contribution in [3.63, 3.8) is 0 Å². The van der Waals surface area contributed by atoms with Gasteiger partial charge in [-0.1, -0.05) is 48.5 Å². The van der Waals surface area contributed by atoms with E-state index in [9.17, 15) is 0 Å². The molecule has 1 N–H and O–H groups in total. The van der Waals surface area contributed by atoms with Crippen LogP contribution >= 0.6 is 0 Å². The van der Waals surface area contributed by atoms with E-state index in [1.54, 1.807) is 0 Å². The second kappa shape index (κ2) is 7.59. The van der Waals surface area contributed by atoms with Gasteiger partial charge in [0.2, 0.25) is 0 Å². The van der Waals surface area contributed by atoms with E-state index >= 15 is 0 Å². The molecule has 4 heteroatoms. The Bertz CT molecular complexity index is 545. The number of rotatable bonds is 6. The SMILES string of the molecule is CCOC1NCCOC1(Cc1ccccc1)Oc1ccccc1. The van der Waals surface area contributed by atoms with Crippen molar-refractivity contribution in [3.8, 4) is 5.75 Å².